The van der Waals surface area contributed by atoms with Gasteiger partial charge in [0.1, 0.15) is 17.0 Å². The van der Waals surface area contributed by atoms with Crippen molar-refractivity contribution in [1.29, 1.82) is 0 Å². The van der Waals surface area contributed by atoms with E-state index in [9.17, 15) is 0 Å². The first-order valence-corrected chi connectivity index (χ1v) is 7.69. The number of ether oxygens (including phenoxy) is 1. The van der Waals surface area contributed by atoms with Gasteiger partial charge in [-0.2, -0.15) is 0 Å². The third-order valence-corrected chi connectivity index (χ3v) is 3.60. The second-order valence-electron chi connectivity index (χ2n) is 5.34. The average Bonchev–Trinajstić information content (AvgIpc) is 2.99. The maximum absolute atomic E-state index is 5.52. The molecule has 3 aromatic rings. The molecule has 23 heavy (non-hydrogen) atoms. The van der Waals surface area contributed by atoms with Crippen molar-refractivity contribution in [3.05, 3.63) is 35.7 Å². The highest BCUT2D eigenvalue weighted by Crippen LogP contribution is 2.30. The van der Waals surface area contributed by atoms with E-state index in [4.69, 9.17) is 9.26 Å². The molecule has 0 aliphatic carbocycles. The number of nitrogens with zero attached hydrogens (tertiary/aromatic N) is 3. The van der Waals surface area contributed by atoms with Crippen LogP contribution in [0, 0.1) is 6.92 Å². The Balaban J connectivity index is 2.07. The summed E-state index contributed by atoms with van der Waals surface area (Å²) in [5.74, 6) is 1.42. The van der Waals surface area contributed by atoms with Crippen molar-refractivity contribution in [2.24, 2.45) is 0 Å². The number of nitrogens with one attached hydrogen (secondary N) is 1. The molecule has 2 aromatic heterocycles. The van der Waals surface area contributed by atoms with E-state index >= 15 is 0 Å². The topological polar surface area (TPSA) is 73.1 Å². The van der Waals surface area contributed by atoms with E-state index in [2.05, 4.69) is 39.5 Å². The molecule has 0 unspecified atom stereocenters. The van der Waals surface area contributed by atoms with E-state index in [1.54, 1.807) is 7.11 Å². The number of hydrogen-bond donors (Lipinski definition) is 1. The third kappa shape index (κ3) is 3.17. The van der Waals surface area contributed by atoms with Crippen LogP contribution in [0.5, 0.6) is 0 Å². The number of aromatic nitrogens is 3. The van der Waals surface area contributed by atoms with Crippen molar-refractivity contribution in [3.63, 3.8) is 0 Å². The van der Waals surface area contributed by atoms with Crippen molar-refractivity contribution in [1.82, 2.24) is 15.1 Å². The maximum atomic E-state index is 5.52. The summed E-state index contributed by atoms with van der Waals surface area (Å²) in [4.78, 5) is 9.10. The summed E-state index contributed by atoms with van der Waals surface area (Å²) in [5, 5.41) is 7.44. The number of aryl methyl sites for hydroxylation is 2. The summed E-state index contributed by atoms with van der Waals surface area (Å²) < 4.78 is 10.6. The number of hydrogen-bond acceptors (Lipinski definition) is 6. The zero-order valence-corrected chi connectivity index (χ0v) is 13.6. The molecule has 0 aliphatic rings. The zero-order chi connectivity index (χ0) is 16.2. The van der Waals surface area contributed by atoms with Crippen LogP contribution in [0.15, 0.2) is 28.8 Å². The lowest BCUT2D eigenvalue weighted by Crippen LogP contribution is -2.10. The van der Waals surface area contributed by atoms with Crippen molar-refractivity contribution in [3.8, 4) is 11.3 Å². The second kappa shape index (κ2) is 6.75. The molecule has 6 heteroatoms. The van der Waals surface area contributed by atoms with E-state index in [-0.39, 0.29) is 0 Å². The van der Waals surface area contributed by atoms with Crippen LogP contribution in [-0.4, -0.2) is 35.4 Å². The van der Waals surface area contributed by atoms with Crippen LogP contribution in [0.25, 0.3) is 22.4 Å². The highest BCUT2D eigenvalue weighted by molar-refractivity contribution is 5.93. The Bertz CT molecular complexity index is 796. The van der Waals surface area contributed by atoms with Gasteiger partial charge in [-0.1, -0.05) is 41.9 Å². The SMILES string of the molecule is CCc1nc(NCCOC)c2onc(-c3ccc(C)cc3)c2n1. The van der Waals surface area contributed by atoms with Gasteiger partial charge in [-0.3, -0.25) is 0 Å². The number of rotatable bonds is 6. The van der Waals surface area contributed by atoms with Crippen LogP contribution in [0.3, 0.4) is 0 Å². The molecule has 0 spiro atoms. The molecular weight excluding hydrogens is 292 g/mol. The Labute approximate surface area is 134 Å². The summed E-state index contributed by atoms with van der Waals surface area (Å²) in [6.45, 7) is 5.32. The van der Waals surface area contributed by atoms with E-state index < -0.39 is 0 Å². The van der Waals surface area contributed by atoms with Gasteiger partial charge in [-0.15, -0.1) is 0 Å². The molecule has 0 aliphatic heterocycles. The van der Waals surface area contributed by atoms with Gasteiger partial charge in [0.2, 0.25) is 5.58 Å². The Morgan fingerprint density at radius 3 is 2.65 bits per heavy atom. The minimum atomic E-state index is 0.578. The Morgan fingerprint density at radius 2 is 1.96 bits per heavy atom. The summed E-state index contributed by atoms with van der Waals surface area (Å²) in [6, 6.07) is 8.15. The summed E-state index contributed by atoms with van der Waals surface area (Å²) in [6.07, 6.45) is 0.743. The summed E-state index contributed by atoms with van der Waals surface area (Å²) >= 11 is 0. The molecule has 6 nitrogen and oxygen atoms in total. The molecule has 0 amide bonds. The summed E-state index contributed by atoms with van der Waals surface area (Å²) in [5.41, 5.74) is 4.24. The number of benzene rings is 1. The molecule has 0 fully saturated rings. The summed E-state index contributed by atoms with van der Waals surface area (Å²) in [7, 11) is 1.67. The largest absolute Gasteiger partial charge is 0.383 e. The lowest BCUT2D eigenvalue weighted by atomic mass is 10.1. The first kappa shape index (κ1) is 15.4. The molecule has 0 saturated heterocycles. The van der Waals surface area contributed by atoms with Crippen LogP contribution < -0.4 is 5.32 Å². The molecule has 1 N–H and O–H groups in total. The highest BCUT2D eigenvalue weighted by Gasteiger charge is 2.17. The predicted molar refractivity (Wildman–Crippen MR) is 89.5 cm³/mol. The molecular formula is C17H20N4O2. The Kier molecular flexibility index (Phi) is 4.52. The van der Waals surface area contributed by atoms with E-state index in [1.165, 1.54) is 5.56 Å². The van der Waals surface area contributed by atoms with Crippen LogP contribution >= 0.6 is 0 Å². The van der Waals surface area contributed by atoms with Gasteiger partial charge in [0.25, 0.3) is 0 Å². The third-order valence-electron chi connectivity index (χ3n) is 3.60. The molecule has 0 bridgehead atoms. The zero-order valence-electron chi connectivity index (χ0n) is 13.6. The quantitative estimate of drug-likeness (QED) is 0.705. The van der Waals surface area contributed by atoms with Gasteiger partial charge in [0.15, 0.2) is 5.82 Å². The van der Waals surface area contributed by atoms with Gasteiger partial charge in [-0.25, -0.2) is 9.97 Å². The standard InChI is InChI=1S/C17H20N4O2/c1-4-13-19-15-14(12-7-5-11(2)6-8-12)21-23-16(15)17(20-13)18-9-10-22-3/h5-8H,4,9-10H2,1-3H3,(H,18,19,20). The Morgan fingerprint density at radius 1 is 1.17 bits per heavy atom. The molecule has 0 radical (unpaired) electrons. The first-order chi connectivity index (χ1) is 11.2. The average molecular weight is 312 g/mol. The second-order valence-corrected chi connectivity index (χ2v) is 5.34. The van der Waals surface area contributed by atoms with Crippen molar-refractivity contribution in [2.45, 2.75) is 20.3 Å². The molecule has 1 aromatic carbocycles. The van der Waals surface area contributed by atoms with Crippen LogP contribution in [0.1, 0.15) is 18.3 Å². The van der Waals surface area contributed by atoms with Crippen molar-refractivity contribution >= 4 is 16.9 Å². The fraction of sp³-hybridized carbons (Fsp3) is 0.353. The number of fused-ring (bicyclic) bond motifs is 1. The monoisotopic (exact) mass is 312 g/mol. The fourth-order valence-electron chi connectivity index (χ4n) is 2.33. The van der Waals surface area contributed by atoms with E-state index in [0.29, 0.717) is 24.6 Å². The maximum Gasteiger partial charge on any atom is 0.228 e. The van der Waals surface area contributed by atoms with Crippen LogP contribution in [0.2, 0.25) is 0 Å². The fourth-order valence-corrected chi connectivity index (χ4v) is 2.33. The molecule has 0 saturated carbocycles. The van der Waals surface area contributed by atoms with Gasteiger partial charge >= 0.3 is 0 Å². The molecule has 3 rings (SSSR count). The van der Waals surface area contributed by atoms with Gasteiger partial charge in [0, 0.05) is 25.6 Å². The van der Waals surface area contributed by atoms with E-state index in [1.807, 2.05) is 19.1 Å². The minimum Gasteiger partial charge on any atom is -0.383 e. The molecule has 2 heterocycles. The lowest BCUT2D eigenvalue weighted by molar-refractivity contribution is 0.210. The van der Waals surface area contributed by atoms with E-state index in [0.717, 1.165) is 29.0 Å². The van der Waals surface area contributed by atoms with Crippen LogP contribution in [-0.2, 0) is 11.2 Å². The number of methoxy groups -OCH3 is 1. The smallest absolute Gasteiger partial charge is 0.228 e. The van der Waals surface area contributed by atoms with Crippen molar-refractivity contribution < 1.29 is 9.26 Å². The number of anilines is 1. The molecule has 0 atom stereocenters. The first-order valence-electron chi connectivity index (χ1n) is 7.69. The van der Waals surface area contributed by atoms with Gasteiger partial charge in [-0.05, 0) is 6.92 Å². The van der Waals surface area contributed by atoms with Crippen LogP contribution in [0.4, 0.5) is 5.82 Å². The predicted octanol–water partition coefficient (Wildman–Crippen LogP) is 3.21. The van der Waals surface area contributed by atoms with Gasteiger partial charge in [0.05, 0.1) is 6.61 Å². The lowest BCUT2D eigenvalue weighted by Gasteiger charge is -2.06. The normalized spacial score (nSPS) is 11.1. The molecule has 120 valence electrons. The van der Waals surface area contributed by atoms with Gasteiger partial charge < -0.3 is 14.6 Å². The van der Waals surface area contributed by atoms with Crippen molar-refractivity contribution in [2.75, 3.05) is 25.6 Å². The Hall–Kier alpha value is -2.47. The minimum absolute atomic E-state index is 0.578. The highest BCUT2D eigenvalue weighted by atomic mass is 16.5.